The first-order chi connectivity index (χ1) is 12.9. The number of esters is 1. The highest BCUT2D eigenvalue weighted by Crippen LogP contribution is 2.40. The molecule has 2 aromatic rings. The van der Waals surface area contributed by atoms with Gasteiger partial charge in [0.15, 0.2) is 5.11 Å². The number of hydrogen-bond acceptors (Lipinski definition) is 4. The summed E-state index contributed by atoms with van der Waals surface area (Å²) in [7, 11) is 0. The average Bonchev–Trinajstić information content (AvgIpc) is 2.64. The first-order valence-electron chi connectivity index (χ1n) is 8.14. The SMILES string of the molecule is CCOC(=O)C1=C(c2ccccc2)NC(=S)NC1c1cc(Cl)cc(Cl)c1O. The molecule has 2 aromatic carbocycles. The van der Waals surface area contributed by atoms with Crippen LogP contribution < -0.4 is 10.6 Å². The number of hydrogen-bond donors (Lipinski definition) is 3. The van der Waals surface area contributed by atoms with Gasteiger partial charge >= 0.3 is 5.97 Å². The van der Waals surface area contributed by atoms with Crippen LogP contribution in [0, 0.1) is 0 Å². The highest BCUT2D eigenvalue weighted by atomic mass is 35.5. The number of aromatic hydroxyl groups is 1. The summed E-state index contributed by atoms with van der Waals surface area (Å²) >= 11 is 17.5. The Bertz CT molecular complexity index is 932. The van der Waals surface area contributed by atoms with E-state index < -0.39 is 12.0 Å². The molecule has 0 saturated heterocycles. The Morgan fingerprint density at radius 1 is 1.26 bits per heavy atom. The lowest BCUT2D eigenvalue weighted by molar-refractivity contribution is -0.138. The molecule has 0 bridgehead atoms. The Labute approximate surface area is 171 Å². The van der Waals surface area contributed by atoms with Gasteiger partial charge in [-0.25, -0.2) is 4.79 Å². The average molecular weight is 423 g/mol. The van der Waals surface area contributed by atoms with Gasteiger partial charge in [0.05, 0.1) is 28.9 Å². The lowest BCUT2D eigenvalue weighted by atomic mass is 9.92. The number of phenolic OH excluding ortho intramolecular Hbond substituents is 1. The number of carbonyl (C=O) groups is 1. The second kappa shape index (κ2) is 8.17. The topological polar surface area (TPSA) is 70.6 Å². The molecule has 1 aliphatic rings. The summed E-state index contributed by atoms with van der Waals surface area (Å²) in [6.45, 7) is 1.92. The van der Waals surface area contributed by atoms with Crippen LogP contribution in [-0.2, 0) is 9.53 Å². The van der Waals surface area contributed by atoms with Crippen molar-refractivity contribution in [1.29, 1.82) is 0 Å². The number of benzene rings is 2. The molecule has 1 unspecified atom stereocenters. The standard InChI is InChI=1S/C19H16Cl2N2O3S/c1-2-26-18(25)14-15(10-6-4-3-5-7-10)22-19(27)23-16(14)12-8-11(20)9-13(21)17(12)24/h3-9,16,24H,2H2,1H3,(H2,22,23,27). The number of ether oxygens (including phenoxy) is 1. The minimum atomic E-state index is -0.788. The zero-order valence-electron chi connectivity index (χ0n) is 14.3. The third-order valence-corrected chi connectivity index (χ3v) is 4.72. The number of nitrogens with one attached hydrogen (secondary N) is 2. The molecule has 3 rings (SSSR count). The summed E-state index contributed by atoms with van der Waals surface area (Å²) in [4.78, 5) is 12.8. The smallest absolute Gasteiger partial charge is 0.338 e. The fourth-order valence-corrected chi connectivity index (χ4v) is 3.59. The predicted molar refractivity (Wildman–Crippen MR) is 110 cm³/mol. The van der Waals surface area contributed by atoms with Gasteiger partial charge in [-0.05, 0) is 36.8 Å². The van der Waals surface area contributed by atoms with E-state index in [1.165, 1.54) is 12.1 Å². The normalized spacial score (nSPS) is 16.6. The molecule has 0 aliphatic carbocycles. The van der Waals surface area contributed by atoms with Crippen molar-refractivity contribution < 1.29 is 14.6 Å². The van der Waals surface area contributed by atoms with Gasteiger partial charge in [-0.3, -0.25) is 0 Å². The highest BCUT2D eigenvalue weighted by molar-refractivity contribution is 7.80. The molecule has 0 aromatic heterocycles. The van der Waals surface area contributed by atoms with Crippen LogP contribution in [0.2, 0.25) is 10.0 Å². The van der Waals surface area contributed by atoms with E-state index in [2.05, 4.69) is 10.6 Å². The molecule has 3 N–H and O–H groups in total. The quantitative estimate of drug-likeness (QED) is 0.506. The maximum Gasteiger partial charge on any atom is 0.338 e. The van der Waals surface area contributed by atoms with Crippen molar-refractivity contribution in [3.63, 3.8) is 0 Å². The van der Waals surface area contributed by atoms with Crippen LogP contribution in [0.15, 0.2) is 48.0 Å². The second-order valence-electron chi connectivity index (χ2n) is 5.73. The van der Waals surface area contributed by atoms with Crippen molar-refractivity contribution in [2.75, 3.05) is 6.61 Å². The fraction of sp³-hybridized carbons (Fsp3) is 0.158. The molecule has 5 nitrogen and oxygen atoms in total. The zero-order chi connectivity index (χ0) is 19.6. The fourth-order valence-electron chi connectivity index (χ4n) is 2.86. The number of thiocarbonyl (C=S) groups is 1. The molecule has 0 spiro atoms. The van der Waals surface area contributed by atoms with Crippen LogP contribution in [0.4, 0.5) is 0 Å². The summed E-state index contributed by atoms with van der Waals surface area (Å²) in [6, 6.07) is 11.4. The van der Waals surface area contributed by atoms with Gasteiger partial charge in [0.2, 0.25) is 0 Å². The number of rotatable bonds is 4. The highest BCUT2D eigenvalue weighted by Gasteiger charge is 2.35. The summed E-state index contributed by atoms with van der Waals surface area (Å²) < 4.78 is 5.25. The summed E-state index contributed by atoms with van der Waals surface area (Å²) in [5, 5.41) is 17.2. The van der Waals surface area contributed by atoms with E-state index in [0.717, 1.165) is 5.56 Å². The Balaban J connectivity index is 2.25. The Morgan fingerprint density at radius 3 is 2.63 bits per heavy atom. The van der Waals surface area contributed by atoms with Crippen LogP contribution in [0.3, 0.4) is 0 Å². The number of carbonyl (C=O) groups excluding carboxylic acids is 1. The largest absolute Gasteiger partial charge is 0.506 e. The Morgan fingerprint density at radius 2 is 1.96 bits per heavy atom. The van der Waals surface area contributed by atoms with Crippen LogP contribution >= 0.6 is 35.4 Å². The van der Waals surface area contributed by atoms with E-state index in [-0.39, 0.29) is 23.0 Å². The molecular formula is C19H16Cl2N2O3S. The van der Waals surface area contributed by atoms with Crippen molar-refractivity contribution in [1.82, 2.24) is 10.6 Å². The third-order valence-electron chi connectivity index (χ3n) is 4.00. The van der Waals surface area contributed by atoms with E-state index in [0.29, 0.717) is 21.4 Å². The first-order valence-corrected chi connectivity index (χ1v) is 9.31. The number of halogens is 2. The van der Waals surface area contributed by atoms with Crippen molar-refractivity contribution in [2.45, 2.75) is 13.0 Å². The molecule has 27 heavy (non-hydrogen) atoms. The third kappa shape index (κ3) is 4.03. The van der Waals surface area contributed by atoms with Crippen LogP contribution in [0.25, 0.3) is 5.70 Å². The molecule has 8 heteroatoms. The minimum Gasteiger partial charge on any atom is -0.506 e. The monoisotopic (exact) mass is 422 g/mol. The Kier molecular flexibility index (Phi) is 5.89. The van der Waals surface area contributed by atoms with E-state index in [4.69, 9.17) is 40.2 Å². The first kappa shape index (κ1) is 19.5. The van der Waals surface area contributed by atoms with Crippen LogP contribution in [0.1, 0.15) is 24.1 Å². The van der Waals surface area contributed by atoms with Crippen molar-refractivity contribution in [2.24, 2.45) is 0 Å². The van der Waals surface area contributed by atoms with E-state index in [1.807, 2.05) is 30.3 Å². The molecule has 1 heterocycles. The van der Waals surface area contributed by atoms with E-state index in [1.54, 1.807) is 6.92 Å². The van der Waals surface area contributed by atoms with Crippen LogP contribution in [0.5, 0.6) is 5.75 Å². The molecule has 0 fully saturated rings. The van der Waals surface area contributed by atoms with E-state index >= 15 is 0 Å². The molecule has 0 amide bonds. The molecule has 140 valence electrons. The van der Waals surface area contributed by atoms with Gasteiger partial charge in [-0.2, -0.15) is 0 Å². The van der Waals surface area contributed by atoms with E-state index in [9.17, 15) is 9.90 Å². The maximum absolute atomic E-state index is 12.8. The summed E-state index contributed by atoms with van der Waals surface area (Å²) in [5.41, 5.74) is 1.85. The Hall–Kier alpha value is -2.28. The zero-order valence-corrected chi connectivity index (χ0v) is 16.6. The van der Waals surface area contributed by atoms with Crippen molar-refractivity contribution in [3.05, 3.63) is 69.2 Å². The molecule has 0 saturated carbocycles. The second-order valence-corrected chi connectivity index (χ2v) is 6.98. The lowest BCUT2D eigenvalue weighted by Gasteiger charge is -2.31. The van der Waals surface area contributed by atoms with Gasteiger partial charge in [0, 0.05) is 10.6 Å². The van der Waals surface area contributed by atoms with Gasteiger partial charge in [-0.1, -0.05) is 53.5 Å². The number of phenols is 1. The lowest BCUT2D eigenvalue weighted by Crippen LogP contribution is -2.45. The van der Waals surface area contributed by atoms with Gasteiger partial charge in [0.25, 0.3) is 0 Å². The van der Waals surface area contributed by atoms with Gasteiger partial charge in [0.1, 0.15) is 5.75 Å². The molecule has 1 aliphatic heterocycles. The molecular weight excluding hydrogens is 407 g/mol. The molecule has 1 atom stereocenters. The maximum atomic E-state index is 12.8. The van der Waals surface area contributed by atoms with Gasteiger partial charge in [-0.15, -0.1) is 0 Å². The summed E-state index contributed by atoms with van der Waals surface area (Å²) in [6.07, 6.45) is 0. The van der Waals surface area contributed by atoms with Crippen molar-refractivity contribution in [3.8, 4) is 5.75 Å². The summed E-state index contributed by atoms with van der Waals surface area (Å²) in [5.74, 6) is -0.725. The van der Waals surface area contributed by atoms with Crippen LogP contribution in [-0.4, -0.2) is 22.8 Å². The van der Waals surface area contributed by atoms with Crippen molar-refractivity contribution >= 4 is 52.2 Å². The molecule has 0 radical (unpaired) electrons. The minimum absolute atomic E-state index is 0.0771. The predicted octanol–water partition coefficient (Wildman–Crippen LogP) is 4.19. The van der Waals surface area contributed by atoms with Gasteiger partial charge < -0.3 is 20.5 Å².